The van der Waals surface area contributed by atoms with E-state index < -0.39 is 17.7 Å². The highest BCUT2D eigenvalue weighted by Crippen LogP contribution is 2.36. The van der Waals surface area contributed by atoms with Crippen LogP contribution in [0.2, 0.25) is 0 Å². The van der Waals surface area contributed by atoms with Crippen molar-refractivity contribution in [3.05, 3.63) is 39.7 Å². The fourth-order valence-electron chi connectivity index (χ4n) is 1.58. The number of alkyl halides is 3. The van der Waals surface area contributed by atoms with Gasteiger partial charge >= 0.3 is 12.1 Å². The van der Waals surface area contributed by atoms with E-state index >= 15 is 0 Å². The summed E-state index contributed by atoms with van der Waals surface area (Å²) >= 11 is 3.09. The first-order valence-corrected chi connectivity index (χ1v) is 6.07. The number of hydrogen-bond donors (Lipinski definition) is 1. The van der Waals surface area contributed by atoms with Gasteiger partial charge < -0.3 is 9.52 Å². The van der Waals surface area contributed by atoms with Crippen molar-refractivity contribution in [2.24, 2.45) is 0 Å². The first-order chi connectivity index (χ1) is 9.20. The maximum absolute atomic E-state index is 12.7. The highest BCUT2D eigenvalue weighted by molar-refractivity contribution is 9.10. The van der Waals surface area contributed by atoms with Gasteiger partial charge in [-0.05, 0) is 41.1 Å². The van der Waals surface area contributed by atoms with Crippen LogP contribution in [-0.4, -0.2) is 16.1 Å². The first kappa shape index (κ1) is 14.6. The highest BCUT2D eigenvalue weighted by Gasteiger charge is 2.31. The van der Waals surface area contributed by atoms with Gasteiger partial charge in [0.2, 0.25) is 5.89 Å². The first-order valence-electron chi connectivity index (χ1n) is 5.28. The third-order valence-corrected chi connectivity index (χ3v) is 3.21. The molecule has 0 aliphatic carbocycles. The smallest absolute Gasteiger partial charge is 0.416 e. The minimum Gasteiger partial charge on any atom is -0.476 e. The average molecular weight is 350 g/mol. The zero-order valence-electron chi connectivity index (χ0n) is 9.95. The third-order valence-electron chi connectivity index (χ3n) is 2.52. The zero-order valence-corrected chi connectivity index (χ0v) is 11.5. The van der Waals surface area contributed by atoms with Gasteiger partial charge in [-0.3, -0.25) is 0 Å². The van der Waals surface area contributed by atoms with Crippen molar-refractivity contribution in [1.29, 1.82) is 0 Å². The molecule has 1 heterocycles. The molecule has 4 nitrogen and oxygen atoms in total. The van der Waals surface area contributed by atoms with E-state index in [1.165, 1.54) is 13.0 Å². The second kappa shape index (κ2) is 4.93. The van der Waals surface area contributed by atoms with Crippen LogP contribution in [0.25, 0.3) is 11.5 Å². The quantitative estimate of drug-likeness (QED) is 0.885. The van der Waals surface area contributed by atoms with Crippen molar-refractivity contribution < 1.29 is 27.5 Å². The van der Waals surface area contributed by atoms with Crippen LogP contribution in [0.1, 0.15) is 21.8 Å². The molecule has 106 valence electrons. The molecule has 0 spiro atoms. The fourth-order valence-corrected chi connectivity index (χ4v) is 1.99. The van der Waals surface area contributed by atoms with Crippen LogP contribution in [0.15, 0.2) is 27.1 Å². The summed E-state index contributed by atoms with van der Waals surface area (Å²) < 4.78 is 43.4. The molecule has 2 rings (SSSR count). The molecular formula is C12H7BrF3NO3. The van der Waals surface area contributed by atoms with Crippen LogP contribution < -0.4 is 0 Å². The number of rotatable bonds is 2. The van der Waals surface area contributed by atoms with Crippen LogP contribution in [0.3, 0.4) is 0 Å². The number of aromatic nitrogens is 1. The maximum atomic E-state index is 12.7. The Morgan fingerprint density at radius 1 is 1.40 bits per heavy atom. The molecule has 0 amide bonds. The number of hydrogen-bond acceptors (Lipinski definition) is 3. The monoisotopic (exact) mass is 349 g/mol. The predicted octanol–water partition coefficient (Wildman–Crippen LogP) is 4.13. The zero-order chi connectivity index (χ0) is 15.1. The summed E-state index contributed by atoms with van der Waals surface area (Å²) in [6.07, 6.45) is -4.51. The summed E-state index contributed by atoms with van der Waals surface area (Å²) in [5, 5.41) is 8.86. The lowest BCUT2D eigenvalue weighted by Gasteiger charge is -2.08. The molecule has 0 atom stereocenters. The van der Waals surface area contributed by atoms with Crippen molar-refractivity contribution in [3.63, 3.8) is 0 Å². The third kappa shape index (κ3) is 2.69. The van der Waals surface area contributed by atoms with E-state index in [1.54, 1.807) is 0 Å². The van der Waals surface area contributed by atoms with Gasteiger partial charge in [-0.15, -0.1) is 0 Å². The Kier molecular flexibility index (Phi) is 3.59. The molecule has 1 aromatic heterocycles. The molecule has 0 radical (unpaired) electrons. The van der Waals surface area contributed by atoms with Gasteiger partial charge in [-0.2, -0.15) is 13.2 Å². The van der Waals surface area contributed by atoms with Crippen LogP contribution >= 0.6 is 15.9 Å². The highest BCUT2D eigenvalue weighted by atomic mass is 79.9. The van der Waals surface area contributed by atoms with Gasteiger partial charge in [0, 0.05) is 4.47 Å². The molecule has 0 saturated heterocycles. The molecule has 8 heteroatoms. The largest absolute Gasteiger partial charge is 0.476 e. The van der Waals surface area contributed by atoms with E-state index in [9.17, 15) is 18.0 Å². The number of benzene rings is 1. The molecule has 0 saturated carbocycles. The fraction of sp³-hybridized carbons (Fsp3) is 0.167. The summed E-state index contributed by atoms with van der Waals surface area (Å²) in [6, 6.07) is 2.96. The molecule has 1 aromatic carbocycles. The normalized spacial score (nSPS) is 11.7. The van der Waals surface area contributed by atoms with E-state index in [1.807, 2.05) is 0 Å². The molecule has 2 aromatic rings. The molecule has 20 heavy (non-hydrogen) atoms. The molecule has 0 unspecified atom stereocenters. The predicted molar refractivity (Wildman–Crippen MR) is 66.3 cm³/mol. The number of aromatic carboxylic acids is 1. The van der Waals surface area contributed by atoms with Gasteiger partial charge in [0.25, 0.3) is 0 Å². The Labute approximate surface area is 119 Å². The van der Waals surface area contributed by atoms with Gasteiger partial charge in [-0.25, -0.2) is 9.78 Å². The molecule has 1 N–H and O–H groups in total. The van der Waals surface area contributed by atoms with Gasteiger partial charge in [-0.1, -0.05) is 0 Å². The van der Waals surface area contributed by atoms with Crippen LogP contribution in [-0.2, 0) is 6.18 Å². The van der Waals surface area contributed by atoms with Crippen LogP contribution in [0, 0.1) is 6.92 Å². The van der Waals surface area contributed by atoms with E-state index in [0.717, 1.165) is 12.1 Å². The summed E-state index contributed by atoms with van der Waals surface area (Å²) in [5.41, 5.74) is -1.16. The lowest BCUT2D eigenvalue weighted by atomic mass is 10.1. The number of nitrogens with zero attached hydrogens (tertiary/aromatic N) is 1. The van der Waals surface area contributed by atoms with Crippen molar-refractivity contribution in [1.82, 2.24) is 4.98 Å². The Hall–Kier alpha value is -1.83. The molecular weight excluding hydrogens is 343 g/mol. The number of aryl methyl sites for hydroxylation is 1. The summed E-state index contributed by atoms with van der Waals surface area (Å²) in [7, 11) is 0. The van der Waals surface area contributed by atoms with Gasteiger partial charge in [0.1, 0.15) is 5.76 Å². The van der Waals surface area contributed by atoms with Crippen molar-refractivity contribution in [3.8, 4) is 11.5 Å². The van der Waals surface area contributed by atoms with E-state index in [2.05, 4.69) is 20.9 Å². The van der Waals surface area contributed by atoms with Gasteiger partial charge in [0.15, 0.2) is 5.69 Å². The number of carboxylic acids is 1. The van der Waals surface area contributed by atoms with E-state index in [-0.39, 0.29) is 22.9 Å². The summed E-state index contributed by atoms with van der Waals surface area (Å²) in [5.74, 6) is -1.46. The van der Waals surface area contributed by atoms with Crippen LogP contribution in [0.5, 0.6) is 0 Å². The Balaban J connectivity index is 2.57. The van der Waals surface area contributed by atoms with Gasteiger partial charge in [0.05, 0.1) is 11.1 Å². The van der Waals surface area contributed by atoms with Crippen LogP contribution in [0.4, 0.5) is 13.2 Å². The lowest BCUT2D eigenvalue weighted by Crippen LogP contribution is -2.05. The van der Waals surface area contributed by atoms with Crippen molar-refractivity contribution in [2.45, 2.75) is 13.1 Å². The Morgan fingerprint density at radius 2 is 2.05 bits per heavy atom. The van der Waals surface area contributed by atoms with E-state index in [4.69, 9.17) is 9.52 Å². The van der Waals surface area contributed by atoms with E-state index in [0.29, 0.717) is 4.47 Å². The lowest BCUT2D eigenvalue weighted by molar-refractivity contribution is -0.137. The topological polar surface area (TPSA) is 63.3 Å². The average Bonchev–Trinajstić information content (AvgIpc) is 2.70. The SMILES string of the molecule is Cc1oc(-c2cc(C(F)(F)F)ccc2Br)nc1C(=O)O. The summed E-state index contributed by atoms with van der Waals surface area (Å²) in [4.78, 5) is 14.6. The van der Waals surface area contributed by atoms with Crippen molar-refractivity contribution in [2.75, 3.05) is 0 Å². The van der Waals surface area contributed by atoms with Crippen molar-refractivity contribution >= 4 is 21.9 Å². The Bertz CT molecular complexity index is 679. The number of carboxylic acid groups (broad SMARTS) is 1. The Morgan fingerprint density at radius 3 is 2.55 bits per heavy atom. The minimum absolute atomic E-state index is 0.0248. The number of carbonyl (C=O) groups is 1. The summed E-state index contributed by atoms with van der Waals surface area (Å²) in [6.45, 7) is 1.38. The molecule has 0 fully saturated rings. The minimum atomic E-state index is -4.51. The second-order valence-corrected chi connectivity index (χ2v) is 4.78. The molecule has 0 aliphatic rings. The standard InChI is InChI=1S/C12H7BrF3NO3/c1-5-9(11(18)19)17-10(20-5)7-4-6(12(14,15)16)2-3-8(7)13/h2-4H,1H3,(H,18,19). The maximum Gasteiger partial charge on any atom is 0.416 e. The molecule has 0 aliphatic heterocycles. The second-order valence-electron chi connectivity index (χ2n) is 3.92. The number of oxazole rings is 1. The molecule has 0 bridgehead atoms. The number of halogens is 4.